The molecule has 0 radical (unpaired) electrons. The van der Waals surface area contributed by atoms with Gasteiger partial charge in [0.2, 0.25) is 0 Å². The Bertz CT molecular complexity index is 594. The maximum absolute atomic E-state index is 11.7. The van der Waals surface area contributed by atoms with Crippen LogP contribution in [-0.2, 0) is 4.74 Å². The Morgan fingerprint density at radius 3 is 2.79 bits per heavy atom. The van der Waals surface area contributed by atoms with Crippen molar-refractivity contribution in [2.24, 2.45) is 0 Å². The summed E-state index contributed by atoms with van der Waals surface area (Å²) in [5.41, 5.74) is -2.02. The molecule has 0 amide bonds. The number of aromatic nitrogens is 2. The van der Waals surface area contributed by atoms with Crippen LogP contribution in [0.25, 0.3) is 0 Å². The lowest BCUT2D eigenvalue weighted by atomic mass is 9.93. The molecule has 104 valence electrons. The molecular weight excluding hydrogens is 252 g/mol. The van der Waals surface area contributed by atoms with Crippen molar-refractivity contribution >= 4 is 0 Å². The normalized spacial score (nSPS) is 38.1. The molecule has 1 saturated heterocycles. The molecule has 2 fully saturated rings. The van der Waals surface area contributed by atoms with Crippen molar-refractivity contribution in [3.8, 4) is 0 Å². The van der Waals surface area contributed by atoms with Crippen LogP contribution in [0.3, 0.4) is 0 Å². The Kier molecular flexibility index (Phi) is 2.84. The van der Waals surface area contributed by atoms with Gasteiger partial charge in [0.25, 0.3) is 5.56 Å². The van der Waals surface area contributed by atoms with Crippen molar-refractivity contribution in [2.45, 2.75) is 49.7 Å². The second-order valence-electron chi connectivity index (χ2n) is 5.20. The lowest BCUT2D eigenvalue weighted by Gasteiger charge is -2.30. The minimum Gasteiger partial charge on any atom is -0.390 e. The average Bonchev–Trinajstić information content (AvgIpc) is 2.86. The minimum absolute atomic E-state index is 0.225. The van der Waals surface area contributed by atoms with Crippen molar-refractivity contribution in [3.63, 3.8) is 0 Å². The fraction of sp³-hybridized carbons (Fsp3) is 0.667. The molecule has 1 saturated carbocycles. The zero-order chi connectivity index (χ0) is 13.6. The molecule has 2 aliphatic rings. The van der Waals surface area contributed by atoms with E-state index < -0.39 is 35.3 Å². The van der Waals surface area contributed by atoms with Gasteiger partial charge in [0, 0.05) is 18.7 Å². The highest BCUT2D eigenvalue weighted by Gasteiger charge is 2.55. The maximum atomic E-state index is 11.7. The molecule has 2 heterocycles. The Morgan fingerprint density at radius 1 is 1.37 bits per heavy atom. The SMILES string of the molecule is O=c1ccn([C@@H]2C[C@@H](O)[C@]3(CCC[C@@H]3O)O2)c(=O)[nH]1. The summed E-state index contributed by atoms with van der Waals surface area (Å²) in [6.45, 7) is 0. The van der Waals surface area contributed by atoms with Gasteiger partial charge in [-0.15, -0.1) is 0 Å². The molecule has 19 heavy (non-hydrogen) atoms. The number of nitrogens with one attached hydrogen (secondary N) is 1. The van der Waals surface area contributed by atoms with Crippen molar-refractivity contribution in [3.05, 3.63) is 33.1 Å². The summed E-state index contributed by atoms with van der Waals surface area (Å²) in [6.07, 6.45) is 1.33. The van der Waals surface area contributed by atoms with E-state index in [-0.39, 0.29) is 6.42 Å². The van der Waals surface area contributed by atoms with E-state index in [9.17, 15) is 19.8 Å². The van der Waals surface area contributed by atoms with Gasteiger partial charge >= 0.3 is 5.69 Å². The van der Waals surface area contributed by atoms with Gasteiger partial charge in [-0.1, -0.05) is 0 Å². The molecule has 1 aromatic heterocycles. The van der Waals surface area contributed by atoms with E-state index in [0.717, 1.165) is 6.42 Å². The predicted molar refractivity (Wildman–Crippen MR) is 64.7 cm³/mol. The molecule has 3 rings (SSSR count). The van der Waals surface area contributed by atoms with Crippen LogP contribution in [0.1, 0.15) is 31.9 Å². The van der Waals surface area contributed by atoms with Crippen molar-refractivity contribution in [2.75, 3.05) is 0 Å². The van der Waals surface area contributed by atoms with E-state index in [0.29, 0.717) is 12.8 Å². The number of hydrogen-bond donors (Lipinski definition) is 3. The van der Waals surface area contributed by atoms with Crippen LogP contribution in [0.2, 0.25) is 0 Å². The summed E-state index contributed by atoms with van der Waals surface area (Å²) in [4.78, 5) is 24.9. The summed E-state index contributed by atoms with van der Waals surface area (Å²) in [6, 6.07) is 1.23. The van der Waals surface area contributed by atoms with Gasteiger partial charge in [0.15, 0.2) is 0 Å². The van der Waals surface area contributed by atoms with E-state index in [1.54, 1.807) is 0 Å². The Balaban J connectivity index is 1.93. The first-order valence-corrected chi connectivity index (χ1v) is 6.38. The van der Waals surface area contributed by atoms with Gasteiger partial charge in [0.05, 0.1) is 12.2 Å². The Labute approximate surface area is 108 Å². The quantitative estimate of drug-likeness (QED) is 0.612. The summed E-state index contributed by atoms with van der Waals surface area (Å²) in [5.74, 6) is 0. The third-order valence-corrected chi connectivity index (χ3v) is 4.11. The molecule has 7 nitrogen and oxygen atoms in total. The van der Waals surface area contributed by atoms with Gasteiger partial charge < -0.3 is 14.9 Å². The summed E-state index contributed by atoms with van der Waals surface area (Å²) < 4.78 is 7.02. The van der Waals surface area contributed by atoms with Crippen LogP contribution in [0.4, 0.5) is 0 Å². The topological polar surface area (TPSA) is 105 Å². The van der Waals surface area contributed by atoms with Crippen molar-refractivity contribution in [1.29, 1.82) is 0 Å². The number of aliphatic hydroxyl groups excluding tert-OH is 2. The average molecular weight is 268 g/mol. The Hall–Kier alpha value is -1.44. The monoisotopic (exact) mass is 268 g/mol. The summed E-state index contributed by atoms with van der Waals surface area (Å²) in [5, 5.41) is 20.2. The molecule has 0 bridgehead atoms. The molecule has 1 spiro atoms. The van der Waals surface area contributed by atoms with Crippen LogP contribution < -0.4 is 11.2 Å². The maximum Gasteiger partial charge on any atom is 0.330 e. The Morgan fingerprint density at radius 2 is 2.16 bits per heavy atom. The number of aliphatic hydroxyl groups is 2. The van der Waals surface area contributed by atoms with Gasteiger partial charge in [-0.2, -0.15) is 0 Å². The number of rotatable bonds is 1. The number of hydrogen-bond acceptors (Lipinski definition) is 5. The molecule has 1 aliphatic carbocycles. The van der Waals surface area contributed by atoms with E-state index in [1.165, 1.54) is 16.8 Å². The number of nitrogens with zero attached hydrogens (tertiary/aromatic N) is 1. The van der Waals surface area contributed by atoms with Crippen LogP contribution in [0.5, 0.6) is 0 Å². The zero-order valence-electron chi connectivity index (χ0n) is 10.3. The fourth-order valence-corrected chi connectivity index (χ4v) is 3.10. The molecule has 3 N–H and O–H groups in total. The highest BCUT2D eigenvalue weighted by molar-refractivity contribution is 5.04. The van der Waals surface area contributed by atoms with Crippen LogP contribution in [0.15, 0.2) is 21.9 Å². The highest BCUT2D eigenvalue weighted by Crippen LogP contribution is 2.46. The molecule has 0 aromatic carbocycles. The van der Waals surface area contributed by atoms with E-state index in [2.05, 4.69) is 4.98 Å². The lowest BCUT2D eigenvalue weighted by Crippen LogP contribution is -2.46. The predicted octanol–water partition coefficient (Wildman–Crippen LogP) is -0.900. The van der Waals surface area contributed by atoms with E-state index in [1.807, 2.05) is 0 Å². The molecule has 1 aliphatic heterocycles. The van der Waals surface area contributed by atoms with Crippen LogP contribution in [-0.4, -0.2) is 37.6 Å². The largest absolute Gasteiger partial charge is 0.390 e. The first-order valence-electron chi connectivity index (χ1n) is 6.38. The summed E-state index contributed by atoms with van der Waals surface area (Å²) in [7, 11) is 0. The summed E-state index contributed by atoms with van der Waals surface area (Å²) >= 11 is 0. The van der Waals surface area contributed by atoms with E-state index >= 15 is 0 Å². The number of aromatic amines is 1. The molecule has 4 atom stereocenters. The second-order valence-corrected chi connectivity index (χ2v) is 5.20. The highest BCUT2D eigenvalue weighted by atomic mass is 16.6. The van der Waals surface area contributed by atoms with Gasteiger partial charge in [-0.25, -0.2) is 4.79 Å². The first kappa shape index (κ1) is 12.6. The number of ether oxygens (including phenoxy) is 1. The first-order chi connectivity index (χ1) is 9.03. The van der Waals surface area contributed by atoms with Crippen molar-refractivity contribution in [1.82, 2.24) is 9.55 Å². The van der Waals surface area contributed by atoms with Crippen LogP contribution in [0, 0.1) is 0 Å². The third kappa shape index (κ3) is 1.85. The standard InChI is InChI=1S/C12H16N2O5/c15-7-2-1-4-12(7)8(16)6-10(19-12)14-5-3-9(17)13-11(14)18/h3,5,7-8,10,15-16H,1-2,4,6H2,(H,13,17,18)/t7-,8+,10-,12+/m0/s1. The van der Waals surface area contributed by atoms with E-state index in [4.69, 9.17) is 4.74 Å². The third-order valence-electron chi connectivity index (χ3n) is 4.11. The molecular formula is C12H16N2O5. The van der Waals surface area contributed by atoms with Crippen molar-refractivity contribution < 1.29 is 14.9 Å². The number of H-pyrrole nitrogens is 1. The molecule has 0 unspecified atom stereocenters. The van der Waals surface area contributed by atoms with Crippen LogP contribution >= 0.6 is 0 Å². The lowest BCUT2D eigenvalue weighted by molar-refractivity contribution is -0.149. The molecule has 7 heteroatoms. The fourth-order valence-electron chi connectivity index (χ4n) is 3.10. The zero-order valence-corrected chi connectivity index (χ0v) is 10.3. The minimum atomic E-state index is -0.972. The van der Waals surface area contributed by atoms with Gasteiger partial charge in [-0.05, 0) is 19.3 Å². The van der Waals surface area contributed by atoms with Gasteiger partial charge in [0.1, 0.15) is 11.8 Å². The smallest absolute Gasteiger partial charge is 0.330 e. The second kappa shape index (κ2) is 4.29. The molecule has 1 aromatic rings. The van der Waals surface area contributed by atoms with Gasteiger partial charge in [-0.3, -0.25) is 14.3 Å².